The Balaban J connectivity index is 2.39. The number of nitrogens with one attached hydrogen (secondary N) is 1. The van der Waals surface area contributed by atoms with E-state index in [0.717, 1.165) is 29.0 Å². The Morgan fingerprint density at radius 2 is 2.38 bits per heavy atom. The van der Waals surface area contributed by atoms with Crippen molar-refractivity contribution in [3.8, 4) is 5.75 Å². The zero-order valence-electron chi connectivity index (χ0n) is 9.75. The highest BCUT2D eigenvalue weighted by Crippen LogP contribution is 2.27. The van der Waals surface area contributed by atoms with Crippen molar-refractivity contribution in [1.29, 1.82) is 0 Å². The van der Waals surface area contributed by atoms with Gasteiger partial charge in [-0.3, -0.25) is 0 Å². The SMILES string of the molecule is Cc1[nH+]cc(CO)c2c1OCCC(C)OC2. The van der Waals surface area contributed by atoms with Crippen molar-refractivity contribution in [2.75, 3.05) is 6.61 Å². The average molecular weight is 224 g/mol. The van der Waals surface area contributed by atoms with Gasteiger partial charge in [0.1, 0.15) is 0 Å². The van der Waals surface area contributed by atoms with Crippen molar-refractivity contribution in [2.45, 2.75) is 39.6 Å². The highest BCUT2D eigenvalue weighted by Gasteiger charge is 2.21. The molecule has 0 radical (unpaired) electrons. The number of fused-ring (bicyclic) bond motifs is 1. The predicted octanol–water partition coefficient (Wildman–Crippen LogP) is 0.989. The fourth-order valence-electron chi connectivity index (χ4n) is 1.85. The van der Waals surface area contributed by atoms with E-state index in [2.05, 4.69) is 4.98 Å². The van der Waals surface area contributed by atoms with Gasteiger partial charge in [-0.25, -0.2) is 4.98 Å². The van der Waals surface area contributed by atoms with Gasteiger partial charge >= 0.3 is 0 Å². The van der Waals surface area contributed by atoms with Crippen LogP contribution in [0.3, 0.4) is 0 Å². The molecule has 2 N–H and O–H groups in total. The molecule has 0 bridgehead atoms. The molecule has 0 spiro atoms. The zero-order chi connectivity index (χ0) is 11.5. The molecule has 0 saturated heterocycles. The van der Waals surface area contributed by atoms with E-state index in [1.54, 1.807) is 0 Å². The second-order valence-corrected chi connectivity index (χ2v) is 4.16. The molecule has 88 valence electrons. The molecule has 1 aromatic heterocycles. The summed E-state index contributed by atoms with van der Waals surface area (Å²) in [6.45, 7) is 5.15. The Morgan fingerprint density at radius 1 is 1.56 bits per heavy atom. The molecular formula is C12H18NO3+. The number of aliphatic hydroxyl groups is 1. The van der Waals surface area contributed by atoms with E-state index in [1.165, 1.54) is 0 Å². The lowest BCUT2D eigenvalue weighted by Crippen LogP contribution is -2.22. The summed E-state index contributed by atoms with van der Waals surface area (Å²) in [5, 5.41) is 9.28. The van der Waals surface area contributed by atoms with Crippen LogP contribution in [-0.2, 0) is 18.0 Å². The fourth-order valence-corrected chi connectivity index (χ4v) is 1.85. The van der Waals surface area contributed by atoms with Crippen LogP contribution in [0, 0.1) is 6.92 Å². The molecule has 1 aliphatic rings. The molecule has 1 unspecified atom stereocenters. The number of rotatable bonds is 1. The highest BCUT2D eigenvalue weighted by atomic mass is 16.5. The Labute approximate surface area is 95.2 Å². The maximum Gasteiger partial charge on any atom is 0.219 e. The minimum atomic E-state index is 0.000213. The number of aromatic nitrogens is 1. The molecule has 16 heavy (non-hydrogen) atoms. The number of hydrogen-bond donors (Lipinski definition) is 1. The number of hydrogen-bond acceptors (Lipinski definition) is 3. The second-order valence-electron chi connectivity index (χ2n) is 4.16. The molecule has 0 amide bonds. The van der Waals surface area contributed by atoms with Gasteiger partial charge < -0.3 is 14.6 Å². The smallest absolute Gasteiger partial charge is 0.219 e. The van der Waals surface area contributed by atoms with Gasteiger partial charge in [0.2, 0.25) is 5.69 Å². The average Bonchev–Trinajstić information content (AvgIpc) is 2.26. The lowest BCUT2D eigenvalue weighted by Gasteiger charge is -2.20. The Hall–Kier alpha value is -1.13. The van der Waals surface area contributed by atoms with Crippen molar-refractivity contribution in [3.63, 3.8) is 0 Å². The molecule has 4 nitrogen and oxygen atoms in total. The summed E-state index contributed by atoms with van der Waals surface area (Å²) in [6, 6.07) is 0. The Bertz CT molecular complexity index is 379. The number of aryl methyl sites for hydroxylation is 1. The number of aliphatic hydroxyl groups excluding tert-OH is 1. The number of ether oxygens (including phenoxy) is 2. The molecule has 4 heteroatoms. The third-order valence-corrected chi connectivity index (χ3v) is 2.92. The second kappa shape index (κ2) is 4.80. The summed E-state index contributed by atoms with van der Waals surface area (Å²) in [6.07, 6.45) is 2.90. The van der Waals surface area contributed by atoms with Crippen molar-refractivity contribution in [3.05, 3.63) is 23.0 Å². The van der Waals surface area contributed by atoms with Gasteiger partial charge in [-0.05, 0) is 6.92 Å². The first-order chi connectivity index (χ1) is 7.72. The molecule has 0 saturated carbocycles. The first-order valence-electron chi connectivity index (χ1n) is 5.60. The van der Waals surface area contributed by atoms with Gasteiger partial charge in [0.05, 0.1) is 31.5 Å². The van der Waals surface area contributed by atoms with E-state index in [4.69, 9.17) is 9.47 Å². The maximum atomic E-state index is 9.28. The van der Waals surface area contributed by atoms with E-state index in [-0.39, 0.29) is 12.7 Å². The lowest BCUT2D eigenvalue weighted by atomic mass is 10.1. The van der Waals surface area contributed by atoms with Gasteiger partial charge in [0.25, 0.3) is 0 Å². The molecule has 0 aromatic carbocycles. The largest absolute Gasteiger partial charge is 0.487 e. The first kappa shape index (κ1) is 11.4. The predicted molar refractivity (Wildman–Crippen MR) is 58.0 cm³/mol. The maximum absolute atomic E-state index is 9.28. The van der Waals surface area contributed by atoms with Crippen LogP contribution in [0.5, 0.6) is 5.75 Å². The normalized spacial score (nSPS) is 20.6. The van der Waals surface area contributed by atoms with E-state index in [0.29, 0.717) is 13.2 Å². The van der Waals surface area contributed by atoms with Crippen LogP contribution < -0.4 is 9.72 Å². The summed E-state index contributed by atoms with van der Waals surface area (Å²) in [7, 11) is 0. The van der Waals surface area contributed by atoms with E-state index in [1.807, 2.05) is 20.0 Å². The van der Waals surface area contributed by atoms with Gasteiger partial charge in [0, 0.05) is 18.9 Å². The number of aromatic amines is 1. The fraction of sp³-hybridized carbons (Fsp3) is 0.583. The monoisotopic (exact) mass is 224 g/mol. The molecule has 0 fully saturated rings. The van der Waals surface area contributed by atoms with Crippen molar-refractivity contribution in [1.82, 2.24) is 0 Å². The van der Waals surface area contributed by atoms with Crippen LogP contribution in [0.25, 0.3) is 0 Å². The highest BCUT2D eigenvalue weighted by molar-refractivity contribution is 5.38. The van der Waals surface area contributed by atoms with Crippen molar-refractivity contribution < 1.29 is 19.6 Å². The molecule has 0 aliphatic carbocycles. The molecule has 1 aliphatic heterocycles. The number of H-pyrrole nitrogens is 1. The summed E-state index contributed by atoms with van der Waals surface area (Å²) in [5.41, 5.74) is 2.78. The van der Waals surface area contributed by atoms with E-state index < -0.39 is 0 Å². The Morgan fingerprint density at radius 3 is 3.12 bits per heavy atom. The summed E-state index contributed by atoms with van der Waals surface area (Å²) < 4.78 is 11.5. The zero-order valence-corrected chi connectivity index (χ0v) is 9.75. The van der Waals surface area contributed by atoms with Gasteiger partial charge in [-0.2, -0.15) is 0 Å². The van der Waals surface area contributed by atoms with E-state index >= 15 is 0 Å². The molecule has 1 atom stereocenters. The Kier molecular flexibility index (Phi) is 3.41. The lowest BCUT2D eigenvalue weighted by molar-refractivity contribution is -0.390. The topological polar surface area (TPSA) is 52.8 Å². The van der Waals surface area contributed by atoms with Gasteiger partial charge in [0.15, 0.2) is 11.9 Å². The minimum absolute atomic E-state index is 0.000213. The summed E-state index contributed by atoms with van der Waals surface area (Å²) >= 11 is 0. The van der Waals surface area contributed by atoms with Crippen LogP contribution in [0.4, 0.5) is 0 Å². The third kappa shape index (κ3) is 2.18. The van der Waals surface area contributed by atoms with Crippen LogP contribution in [0.1, 0.15) is 30.2 Å². The number of pyridine rings is 1. The standard InChI is InChI=1S/C12H17NO3/c1-8-3-4-15-12-9(2)13-5-10(6-14)11(12)7-16-8/h5,8,14H,3-4,6-7H2,1-2H3/p+1. The molecule has 1 aromatic rings. The minimum Gasteiger partial charge on any atom is -0.487 e. The molecule has 2 heterocycles. The van der Waals surface area contributed by atoms with Crippen LogP contribution in [-0.4, -0.2) is 17.8 Å². The third-order valence-electron chi connectivity index (χ3n) is 2.92. The quantitative estimate of drug-likeness (QED) is 0.774. The van der Waals surface area contributed by atoms with Crippen LogP contribution >= 0.6 is 0 Å². The van der Waals surface area contributed by atoms with E-state index in [9.17, 15) is 5.11 Å². The first-order valence-corrected chi connectivity index (χ1v) is 5.60. The van der Waals surface area contributed by atoms with Crippen molar-refractivity contribution >= 4 is 0 Å². The van der Waals surface area contributed by atoms with Crippen LogP contribution in [0.2, 0.25) is 0 Å². The molecular weight excluding hydrogens is 206 g/mol. The van der Waals surface area contributed by atoms with Crippen LogP contribution in [0.15, 0.2) is 6.20 Å². The molecule has 2 rings (SSSR count). The summed E-state index contributed by atoms with van der Waals surface area (Å²) in [4.78, 5) is 3.10. The van der Waals surface area contributed by atoms with Gasteiger partial charge in [-0.1, -0.05) is 0 Å². The van der Waals surface area contributed by atoms with Gasteiger partial charge in [-0.15, -0.1) is 0 Å². The summed E-state index contributed by atoms with van der Waals surface area (Å²) in [5.74, 6) is 0.832. The van der Waals surface area contributed by atoms with Crippen molar-refractivity contribution in [2.24, 2.45) is 0 Å².